The first-order valence-electron chi connectivity index (χ1n) is 10.1. The highest BCUT2D eigenvalue weighted by Crippen LogP contribution is 2.35. The lowest BCUT2D eigenvalue weighted by atomic mass is 10.1. The molecule has 0 radical (unpaired) electrons. The lowest BCUT2D eigenvalue weighted by molar-refractivity contribution is 0.104. The zero-order valence-corrected chi connectivity index (χ0v) is 18.0. The number of rotatable bonds is 7. The number of hydrogen-bond donors (Lipinski definition) is 1. The minimum Gasteiger partial charge on any atom is -0.503 e. The van der Waals surface area contributed by atoms with Crippen LogP contribution in [0.1, 0.15) is 29.8 Å². The number of likely N-dealkylation sites (N-methyl/N-ethyl adjacent to an activating group) is 1. The first-order chi connectivity index (χ1) is 14.4. The molecule has 30 heavy (non-hydrogen) atoms. The molecule has 0 unspecified atom stereocenters. The Morgan fingerprint density at radius 2 is 1.93 bits per heavy atom. The van der Waals surface area contributed by atoms with Crippen molar-refractivity contribution in [1.29, 1.82) is 0 Å². The van der Waals surface area contributed by atoms with E-state index < -0.39 is 5.82 Å². The number of phenols is 1. The molecular formula is C23H26ClFN2O3. The first-order valence-corrected chi connectivity index (χ1v) is 10.4. The van der Waals surface area contributed by atoms with Crippen LogP contribution in [0, 0.1) is 5.82 Å². The first kappa shape index (κ1) is 22.1. The highest BCUT2D eigenvalue weighted by atomic mass is 35.5. The van der Waals surface area contributed by atoms with E-state index in [9.17, 15) is 14.3 Å². The van der Waals surface area contributed by atoms with E-state index >= 15 is 0 Å². The fourth-order valence-electron chi connectivity index (χ4n) is 3.45. The molecular weight excluding hydrogens is 407 g/mol. The Labute approximate surface area is 181 Å². The lowest BCUT2D eigenvalue weighted by Crippen LogP contribution is -2.46. The largest absolute Gasteiger partial charge is 0.503 e. The third-order valence-electron chi connectivity index (χ3n) is 5.17. The van der Waals surface area contributed by atoms with Crippen molar-refractivity contribution < 1.29 is 19.0 Å². The van der Waals surface area contributed by atoms with Crippen molar-refractivity contribution >= 4 is 29.1 Å². The van der Waals surface area contributed by atoms with Gasteiger partial charge in [0.25, 0.3) is 0 Å². The molecule has 0 bridgehead atoms. The predicted octanol–water partition coefficient (Wildman–Crippen LogP) is 4.62. The number of ketones is 1. The number of allylic oxidation sites excluding steroid dienone is 1. The van der Waals surface area contributed by atoms with E-state index in [2.05, 4.69) is 11.8 Å². The minimum atomic E-state index is -0.398. The molecule has 7 heteroatoms. The summed E-state index contributed by atoms with van der Waals surface area (Å²) in [5, 5.41) is 10.0. The number of anilines is 1. The number of benzene rings is 2. The Hall–Kier alpha value is -2.57. The predicted molar refractivity (Wildman–Crippen MR) is 118 cm³/mol. The van der Waals surface area contributed by atoms with Gasteiger partial charge in [-0.25, -0.2) is 4.39 Å². The quantitative estimate of drug-likeness (QED) is 0.511. The Morgan fingerprint density at radius 1 is 1.20 bits per heavy atom. The maximum Gasteiger partial charge on any atom is 0.185 e. The summed E-state index contributed by atoms with van der Waals surface area (Å²) in [4.78, 5) is 16.9. The topological polar surface area (TPSA) is 53.0 Å². The molecule has 1 heterocycles. The van der Waals surface area contributed by atoms with Crippen LogP contribution in [0.25, 0.3) is 6.08 Å². The van der Waals surface area contributed by atoms with Crippen LogP contribution in [0.4, 0.5) is 10.1 Å². The second kappa shape index (κ2) is 9.96. The van der Waals surface area contributed by atoms with Crippen LogP contribution in [-0.4, -0.2) is 55.1 Å². The number of phenolic OH excluding ortho intramolecular Hbond substituents is 1. The summed E-state index contributed by atoms with van der Waals surface area (Å²) in [6.07, 6.45) is 2.92. The van der Waals surface area contributed by atoms with Crippen molar-refractivity contribution in [2.45, 2.75) is 13.8 Å². The van der Waals surface area contributed by atoms with Gasteiger partial charge in [0, 0.05) is 31.7 Å². The van der Waals surface area contributed by atoms with Crippen molar-refractivity contribution in [2.24, 2.45) is 0 Å². The summed E-state index contributed by atoms with van der Waals surface area (Å²) < 4.78 is 20.0. The number of halogens is 2. The van der Waals surface area contributed by atoms with Gasteiger partial charge in [-0.05, 0) is 55.4 Å². The summed E-state index contributed by atoms with van der Waals surface area (Å²) in [6, 6.07) is 7.72. The van der Waals surface area contributed by atoms with E-state index in [0.717, 1.165) is 32.7 Å². The van der Waals surface area contributed by atoms with E-state index in [0.29, 0.717) is 17.9 Å². The van der Waals surface area contributed by atoms with Crippen LogP contribution < -0.4 is 9.64 Å². The van der Waals surface area contributed by atoms with Gasteiger partial charge in [-0.2, -0.15) is 0 Å². The molecule has 160 valence electrons. The minimum absolute atomic E-state index is 0.131. The molecule has 1 N–H and O–H groups in total. The summed E-state index contributed by atoms with van der Waals surface area (Å²) >= 11 is 6.01. The Kier molecular flexibility index (Phi) is 7.34. The second-order valence-corrected chi connectivity index (χ2v) is 7.47. The van der Waals surface area contributed by atoms with Crippen LogP contribution in [-0.2, 0) is 0 Å². The van der Waals surface area contributed by atoms with E-state index in [1.54, 1.807) is 31.2 Å². The number of piperazine rings is 1. The molecule has 5 nitrogen and oxygen atoms in total. The van der Waals surface area contributed by atoms with Gasteiger partial charge in [0.05, 0.1) is 17.3 Å². The average Bonchev–Trinajstić information content (AvgIpc) is 2.75. The molecule has 1 aliphatic heterocycles. The molecule has 0 spiro atoms. The number of nitrogens with zero attached hydrogens (tertiary/aromatic N) is 2. The van der Waals surface area contributed by atoms with Gasteiger partial charge in [0.15, 0.2) is 17.3 Å². The number of carbonyl (C=O) groups excluding carboxylic acids is 1. The third kappa shape index (κ3) is 5.12. The van der Waals surface area contributed by atoms with Gasteiger partial charge >= 0.3 is 0 Å². The van der Waals surface area contributed by atoms with Gasteiger partial charge in [-0.1, -0.05) is 24.6 Å². The van der Waals surface area contributed by atoms with Crippen molar-refractivity contribution in [1.82, 2.24) is 4.90 Å². The number of aromatic hydroxyl groups is 1. The Balaban J connectivity index is 1.72. The maximum absolute atomic E-state index is 14.7. The molecule has 1 fully saturated rings. The van der Waals surface area contributed by atoms with Crippen molar-refractivity contribution in [3.8, 4) is 11.5 Å². The lowest BCUT2D eigenvalue weighted by Gasteiger charge is -2.35. The van der Waals surface area contributed by atoms with Crippen molar-refractivity contribution in [3.63, 3.8) is 0 Å². The van der Waals surface area contributed by atoms with Crippen LogP contribution >= 0.6 is 11.6 Å². The Bertz CT molecular complexity index is 940. The Morgan fingerprint density at radius 3 is 2.57 bits per heavy atom. The zero-order chi connectivity index (χ0) is 21.7. The standard InChI is InChI=1S/C23H26ClFN2O3/c1-3-26-9-11-27(12-10-26)20-7-6-17(15-19(20)25)21(28)8-5-16-13-18(24)23(29)22(14-16)30-4-2/h5-8,13-15,29H,3-4,9-12H2,1-2H3. The number of hydrogen-bond acceptors (Lipinski definition) is 5. The van der Waals surface area contributed by atoms with Gasteiger partial charge in [-0.15, -0.1) is 0 Å². The fourth-order valence-corrected chi connectivity index (χ4v) is 3.66. The van der Waals surface area contributed by atoms with Gasteiger partial charge < -0.3 is 19.6 Å². The second-order valence-electron chi connectivity index (χ2n) is 7.07. The SMILES string of the molecule is CCOc1cc(C=CC(=O)c2ccc(N3CCN(CC)CC3)c(F)c2)cc(Cl)c1O. The van der Waals surface area contributed by atoms with Crippen LogP contribution in [0.3, 0.4) is 0 Å². The molecule has 0 amide bonds. The van der Waals surface area contributed by atoms with Crippen LogP contribution in [0.2, 0.25) is 5.02 Å². The monoisotopic (exact) mass is 432 g/mol. The van der Waals surface area contributed by atoms with Gasteiger partial charge in [0.2, 0.25) is 0 Å². The van der Waals surface area contributed by atoms with Gasteiger partial charge in [0.1, 0.15) is 5.82 Å². The third-order valence-corrected chi connectivity index (χ3v) is 5.46. The number of ether oxygens (including phenoxy) is 1. The van der Waals surface area contributed by atoms with E-state index in [1.807, 2.05) is 4.90 Å². The summed E-state index contributed by atoms with van der Waals surface area (Å²) in [7, 11) is 0. The normalized spacial score (nSPS) is 15.0. The van der Waals surface area contributed by atoms with E-state index in [4.69, 9.17) is 16.3 Å². The number of carbonyl (C=O) groups is 1. The summed E-state index contributed by atoms with van der Waals surface area (Å²) in [5.74, 6) is -0.612. The van der Waals surface area contributed by atoms with Crippen molar-refractivity contribution in [2.75, 3.05) is 44.2 Å². The van der Waals surface area contributed by atoms with E-state index in [-0.39, 0.29) is 27.9 Å². The summed E-state index contributed by atoms with van der Waals surface area (Å²) in [5.41, 5.74) is 1.40. The molecule has 2 aromatic rings. The highest BCUT2D eigenvalue weighted by Gasteiger charge is 2.19. The maximum atomic E-state index is 14.7. The molecule has 2 aromatic carbocycles. The molecule has 0 aliphatic carbocycles. The van der Waals surface area contributed by atoms with E-state index in [1.165, 1.54) is 18.2 Å². The molecule has 0 aromatic heterocycles. The van der Waals surface area contributed by atoms with Gasteiger partial charge in [-0.3, -0.25) is 4.79 Å². The average molecular weight is 433 g/mol. The molecule has 0 saturated carbocycles. The highest BCUT2D eigenvalue weighted by molar-refractivity contribution is 6.32. The fraction of sp³-hybridized carbons (Fsp3) is 0.348. The molecule has 3 rings (SSSR count). The molecule has 0 atom stereocenters. The zero-order valence-electron chi connectivity index (χ0n) is 17.2. The van der Waals surface area contributed by atoms with Crippen LogP contribution in [0.15, 0.2) is 36.4 Å². The molecule has 1 aliphatic rings. The van der Waals surface area contributed by atoms with Crippen LogP contribution in [0.5, 0.6) is 11.5 Å². The molecule has 1 saturated heterocycles. The smallest absolute Gasteiger partial charge is 0.185 e. The van der Waals surface area contributed by atoms with Crippen molar-refractivity contribution in [3.05, 3.63) is 58.4 Å². The summed E-state index contributed by atoms with van der Waals surface area (Å²) in [6.45, 7) is 8.61.